The Kier molecular flexibility index (Phi) is 9.44. The van der Waals surface area contributed by atoms with E-state index in [2.05, 4.69) is 98.2 Å². The van der Waals surface area contributed by atoms with Crippen LogP contribution >= 0.6 is 0 Å². The van der Waals surface area contributed by atoms with Gasteiger partial charge in [0.05, 0.1) is 11.4 Å². The Hall–Kier alpha value is -2.94. The molecule has 0 radical (unpaired) electrons. The van der Waals surface area contributed by atoms with E-state index >= 15 is 0 Å². The summed E-state index contributed by atoms with van der Waals surface area (Å²) in [6.45, 7) is 23.6. The van der Waals surface area contributed by atoms with Crippen molar-refractivity contribution in [2.24, 2.45) is 5.92 Å². The molecule has 0 aromatic heterocycles. The average molecular weight is 458 g/mol. The first-order valence-corrected chi connectivity index (χ1v) is 12.8. The van der Waals surface area contributed by atoms with Crippen LogP contribution in [-0.4, -0.2) is 24.0 Å². The van der Waals surface area contributed by atoms with Crippen LogP contribution in [0.1, 0.15) is 58.8 Å². The molecule has 0 fully saturated rings. The molecule has 2 unspecified atom stereocenters. The summed E-state index contributed by atoms with van der Waals surface area (Å²) in [4.78, 5) is 2.35. The zero-order valence-electron chi connectivity index (χ0n) is 21.3. The van der Waals surface area contributed by atoms with E-state index in [0.29, 0.717) is 12.0 Å². The Morgan fingerprint density at radius 2 is 1.82 bits per heavy atom. The molecule has 3 rings (SSSR count). The molecular weight excluding hydrogens is 414 g/mol. The molecule has 34 heavy (non-hydrogen) atoms. The van der Waals surface area contributed by atoms with Crippen molar-refractivity contribution in [1.82, 2.24) is 15.5 Å². The van der Waals surface area contributed by atoms with Crippen LogP contribution in [0.2, 0.25) is 0 Å². The number of hydrogen-bond acceptors (Lipinski definition) is 3. The first kappa shape index (κ1) is 25.7. The lowest BCUT2D eigenvalue weighted by atomic mass is 9.95. The van der Waals surface area contributed by atoms with Crippen molar-refractivity contribution < 1.29 is 0 Å². The molecule has 182 valence electrons. The van der Waals surface area contributed by atoms with Crippen molar-refractivity contribution in [2.75, 3.05) is 13.1 Å². The fourth-order valence-electron chi connectivity index (χ4n) is 4.99. The van der Waals surface area contributed by atoms with Gasteiger partial charge in [0.2, 0.25) is 0 Å². The van der Waals surface area contributed by atoms with Crippen molar-refractivity contribution in [2.45, 2.75) is 64.8 Å². The van der Waals surface area contributed by atoms with Crippen molar-refractivity contribution in [3.05, 3.63) is 108 Å². The largest absolute Gasteiger partial charge is 0.382 e. The molecule has 3 aliphatic heterocycles. The maximum Gasteiger partial charge on any atom is 0.0570 e. The molecule has 0 spiro atoms. The van der Waals surface area contributed by atoms with Gasteiger partial charge in [-0.05, 0) is 69.4 Å². The fraction of sp³-hybridized carbons (Fsp3) is 0.419. The molecule has 0 aromatic rings. The fourth-order valence-corrected chi connectivity index (χ4v) is 4.99. The summed E-state index contributed by atoms with van der Waals surface area (Å²) in [5.74, 6) is 0.469. The second kappa shape index (κ2) is 12.5. The van der Waals surface area contributed by atoms with Crippen LogP contribution in [0.3, 0.4) is 0 Å². The van der Waals surface area contributed by atoms with Gasteiger partial charge in [-0.2, -0.15) is 0 Å². The summed E-state index contributed by atoms with van der Waals surface area (Å²) in [7, 11) is 0. The van der Waals surface area contributed by atoms with Crippen LogP contribution in [0.4, 0.5) is 0 Å². The second-order valence-corrected chi connectivity index (χ2v) is 9.92. The van der Waals surface area contributed by atoms with E-state index in [4.69, 9.17) is 0 Å². The Balaban J connectivity index is 1.69. The lowest BCUT2D eigenvalue weighted by Crippen LogP contribution is -2.29. The summed E-state index contributed by atoms with van der Waals surface area (Å²) < 4.78 is 0. The summed E-state index contributed by atoms with van der Waals surface area (Å²) in [6, 6.07) is 0.405. The first-order valence-electron chi connectivity index (χ1n) is 12.8. The van der Waals surface area contributed by atoms with Crippen molar-refractivity contribution >= 4 is 0 Å². The molecule has 3 heterocycles. The molecule has 3 aliphatic rings. The van der Waals surface area contributed by atoms with Gasteiger partial charge in [-0.1, -0.05) is 80.8 Å². The van der Waals surface area contributed by atoms with Gasteiger partial charge in [-0.15, -0.1) is 0 Å². The van der Waals surface area contributed by atoms with Crippen LogP contribution in [0.5, 0.6) is 0 Å². The third kappa shape index (κ3) is 7.55. The highest BCUT2D eigenvalue weighted by Gasteiger charge is 2.25. The lowest BCUT2D eigenvalue weighted by Gasteiger charge is -2.28. The molecule has 2 atom stereocenters. The van der Waals surface area contributed by atoms with E-state index in [0.717, 1.165) is 69.4 Å². The van der Waals surface area contributed by atoms with Gasteiger partial charge in [-0.3, -0.25) is 0 Å². The Bertz CT molecular complexity index is 953. The van der Waals surface area contributed by atoms with Crippen LogP contribution in [0, 0.1) is 5.92 Å². The summed E-state index contributed by atoms with van der Waals surface area (Å²) in [6.07, 6.45) is 22.8. The van der Waals surface area contributed by atoms with E-state index in [1.165, 1.54) is 28.1 Å². The molecule has 0 saturated heterocycles. The van der Waals surface area contributed by atoms with Crippen molar-refractivity contribution in [3.63, 3.8) is 0 Å². The predicted molar refractivity (Wildman–Crippen MR) is 148 cm³/mol. The van der Waals surface area contributed by atoms with Gasteiger partial charge in [0.25, 0.3) is 0 Å². The molecule has 3 nitrogen and oxygen atoms in total. The van der Waals surface area contributed by atoms with E-state index in [9.17, 15) is 0 Å². The Labute approximate surface area is 207 Å². The number of hydrogen-bond donors (Lipinski definition) is 2. The molecule has 0 amide bonds. The van der Waals surface area contributed by atoms with Crippen molar-refractivity contribution in [3.8, 4) is 0 Å². The average Bonchev–Trinajstić information content (AvgIpc) is 3.45. The highest BCUT2D eigenvalue weighted by molar-refractivity contribution is 5.40. The number of nitrogens with zero attached hydrogens (tertiary/aromatic N) is 1. The van der Waals surface area contributed by atoms with E-state index < -0.39 is 0 Å². The predicted octanol–water partition coefficient (Wildman–Crippen LogP) is 7.21. The Morgan fingerprint density at radius 3 is 2.65 bits per heavy atom. The van der Waals surface area contributed by atoms with E-state index in [1.807, 2.05) is 0 Å². The molecule has 2 N–H and O–H groups in total. The van der Waals surface area contributed by atoms with Gasteiger partial charge in [0.1, 0.15) is 0 Å². The molecular formula is C31H43N3. The molecule has 0 saturated carbocycles. The minimum Gasteiger partial charge on any atom is -0.382 e. The quantitative estimate of drug-likeness (QED) is 0.376. The van der Waals surface area contributed by atoms with Gasteiger partial charge < -0.3 is 15.5 Å². The van der Waals surface area contributed by atoms with Crippen LogP contribution < -0.4 is 10.6 Å². The van der Waals surface area contributed by atoms with Gasteiger partial charge in [-0.25, -0.2) is 0 Å². The van der Waals surface area contributed by atoms with E-state index in [1.54, 1.807) is 0 Å². The first-order chi connectivity index (χ1) is 16.3. The maximum absolute atomic E-state index is 4.45. The molecule has 0 aliphatic carbocycles. The van der Waals surface area contributed by atoms with Gasteiger partial charge in [0.15, 0.2) is 0 Å². The maximum atomic E-state index is 4.45. The third-order valence-electron chi connectivity index (χ3n) is 6.64. The minimum absolute atomic E-state index is 0.405. The third-order valence-corrected chi connectivity index (χ3v) is 6.64. The molecule has 0 aromatic carbocycles. The smallest absolute Gasteiger partial charge is 0.0570 e. The van der Waals surface area contributed by atoms with Crippen molar-refractivity contribution in [1.29, 1.82) is 0 Å². The summed E-state index contributed by atoms with van der Waals surface area (Å²) in [5, 5.41) is 7.08. The topological polar surface area (TPSA) is 27.3 Å². The number of nitrogens with one attached hydrogen (secondary N) is 2. The highest BCUT2D eigenvalue weighted by atomic mass is 15.2. The molecule has 3 heteroatoms. The highest BCUT2D eigenvalue weighted by Crippen LogP contribution is 2.32. The zero-order valence-corrected chi connectivity index (χ0v) is 21.3. The SMILES string of the molecule is C=C1CC(C)/C=C(C)/C=C/CNC(=C)/C=C/CCCC(=C)C2=CCCN2C(=C)C2=CCC(C1)N2. The lowest BCUT2D eigenvalue weighted by molar-refractivity contribution is 0.467. The van der Waals surface area contributed by atoms with Crippen LogP contribution in [-0.2, 0) is 0 Å². The molecule has 2 bridgehead atoms. The Morgan fingerprint density at radius 1 is 1.00 bits per heavy atom. The minimum atomic E-state index is 0.405. The van der Waals surface area contributed by atoms with E-state index in [-0.39, 0.29) is 0 Å². The number of rotatable bonds is 0. The number of allylic oxidation sites excluding steroid dienone is 6. The van der Waals surface area contributed by atoms with Gasteiger partial charge in [0, 0.05) is 30.5 Å². The zero-order chi connectivity index (χ0) is 24.5. The monoisotopic (exact) mass is 457 g/mol. The van der Waals surface area contributed by atoms with Crippen LogP contribution in [0.15, 0.2) is 108 Å². The van der Waals surface area contributed by atoms with Gasteiger partial charge >= 0.3 is 0 Å². The standard InChI is InChI=1S/C31H43N3/c1-23-12-10-18-32-27(5)14-9-7-8-13-26(4)31-15-11-19-34(31)28(6)30-17-16-29(33-30)22-25(3)21-24(2)20-23/h9-10,12,14-15,17,20,24,29,32-33H,3-8,11,13,16,18-19,21-22H2,1-2H3/b12-10+,14-9+,23-20+. The summed E-state index contributed by atoms with van der Waals surface area (Å²) >= 11 is 0. The van der Waals surface area contributed by atoms with Crippen LogP contribution in [0.25, 0.3) is 0 Å². The normalized spacial score (nSPS) is 29.2. The summed E-state index contributed by atoms with van der Waals surface area (Å²) in [5.41, 5.74) is 8.22. The number of fused-ring (bicyclic) bond motifs is 3. The second-order valence-electron chi connectivity index (χ2n) is 9.92.